The van der Waals surface area contributed by atoms with Crippen LogP contribution in [0.15, 0.2) is 71.0 Å². The molecule has 0 atom stereocenters. The summed E-state index contributed by atoms with van der Waals surface area (Å²) < 4.78 is 0. The molecule has 0 amide bonds. The van der Waals surface area contributed by atoms with E-state index in [-0.39, 0.29) is 0 Å². The zero-order valence-electron chi connectivity index (χ0n) is 15.6. The Labute approximate surface area is 187 Å². The SMILES string of the molecule is C=C/C=C(SC)/C(C#N)=C/c1ccc(-c2ccc(/C=C(\C#N)c3cccs3)s2)s1. The lowest BCUT2D eigenvalue weighted by atomic mass is 10.2. The molecule has 0 aliphatic heterocycles. The van der Waals surface area contributed by atoms with Gasteiger partial charge in [-0.05, 0) is 60.2 Å². The summed E-state index contributed by atoms with van der Waals surface area (Å²) in [5, 5.41) is 20.9. The number of nitrogens with zero attached hydrogens (tertiary/aromatic N) is 2. The molecule has 0 N–H and O–H groups in total. The number of thioether (sulfide) groups is 1. The predicted molar refractivity (Wildman–Crippen MR) is 131 cm³/mol. The third-order valence-corrected chi connectivity index (χ3v) is 7.81. The summed E-state index contributed by atoms with van der Waals surface area (Å²) in [5.41, 5.74) is 1.32. The zero-order chi connectivity index (χ0) is 20.6. The van der Waals surface area contributed by atoms with Crippen LogP contribution >= 0.6 is 45.8 Å². The molecule has 0 spiro atoms. The van der Waals surface area contributed by atoms with Crippen molar-refractivity contribution in [2.24, 2.45) is 0 Å². The van der Waals surface area contributed by atoms with E-state index in [4.69, 9.17) is 0 Å². The van der Waals surface area contributed by atoms with Gasteiger partial charge in [0.2, 0.25) is 0 Å². The van der Waals surface area contributed by atoms with Gasteiger partial charge < -0.3 is 0 Å². The summed E-state index contributed by atoms with van der Waals surface area (Å²) in [6.07, 6.45) is 9.36. The van der Waals surface area contributed by atoms with Crippen LogP contribution in [0.1, 0.15) is 14.6 Å². The number of hydrogen-bond acceptors (Lipinski definition) is 6. The minimum absolute atomic E-state index is 0.634. The molecule has 0 saturated heterocycles. The minimum atomic E-state index is 0.634. The maximum atomic E-state index is 9.50. The molecule has 3 aromatic rings. The number of hydrogen-bond donors (Lipinski definition) is 0. The fourth-order valence-corrected chi connectivity index (χ4v) is 5.78. The van der Waals surface area contributed by atoms with E-state index in [1.807, 2.05) is 54.1 Å². The van der Waals surface area contributed by atoms with Crippen molar-refractivity contribution < 1.29 is 0 Å². The van der Waals surface area contributed by atoms with Crippen molar-refractivity contribution >= 4 is 63.5 Å². The first-order chi connectivity index (χ1) is 14.2. The van der Waals surface area contributed by atoms with Gasteiger partial charge in [0, 0.05) is 29.3 Å². The summed E-state index contributed by atoms with van der Waals surface area (Å²) in [5.74, 6) is 0. The molecule has 0 saturated carbocycles. The Kier molecular flexibility index (Phi) is 7.46. The summed E-state index contributed by atoms with van der Waals surface area (Å²) >= 11 is 6.41. The van der Waals surface area contributed by atoms with E-state index in [2.05, 4.69) is 30.9 Å². The zero-order valence-corrected chi connectivity index (χ0v) is 18.9. The van der Waals surface area contributed by atoms with Crippen molar-refractivity contribution in [1.29, 1.82) is 10.5 Å². The average molecular weight is 449 g/mol. The Morgan fingerprint density at radius 2 is 1.69 bits per heavy atom. The van der Waals surface area contributed by atoms with E-state index in [1.54, 1.807) is 40.1 Å². The molecule has 0 bridgehead atoms. The highest BCUT2D eigenvalue weighted by Crippen LogP contribution is 2.36. The number of nitriles is 2. The lowest BCUT2D eigenvalue weighted by Gasteiger charge is -1.99. The molecular formula is C23H16N2S4. The van der Waals surface area contributed by atoms with Crippen LogP contribution in [0.2, 0.25) is 0 Å². The van der Waals surface area contributed by atoms with Gasteiger partial charge >= 0.3 is 0 Å². The van der Waals surface area contributed by atoms with Crippen LogP contribution in [-0.2, 0) is 0 Å². The summed E-state index contributed by atoms with van der Waals surface area (Å²) in [6, 6.07) is 16.7. The fraction of sp³-hybridized carbons (Fsp3) is 0.0435. The van der Waals surface area contributed by atoms with Crippen LogP contribution in [0.5, 0.6) is 0 Å². The van der Waals surface area contributed by atoms with E-state index in [0.29, 0.717) is 11.1 Å². The molecule has 2 nitrogen and oxygen atoms in total. The highest BCUT2D eigenvalue weighted by atomic mass is 32.2. The monoisotopic (exact) mass is 448 g/mol. The Morgan fingerprint density at radius 1 is 1.00 bits per heavy atom. The molecular weight excluding hydrogens is 433 g/mol. The Balaban J connectivity index is 1.86. The summed E-state index contributed by atoms with van der Waals surface area (Å²) in [7, 11) is 0. The first kappa shape index (κ1) is 21.1. The van der Waals surface area contributed by atoms with E-state index >= 15 is 0 Å². The Hall–Kier alpha value is -2.61. The second-order valence-electron chi connectivity index (χ2n) is 5.69. The third kappa shape index (κ3) is 5.26. The van der Waals surface area contributed by atoms with Crippen molar-refractivity contribution in [3.63, 3.8) is 0 Å². The smallest absolute Gasteiger partial charge is 0.101 e. The van der Waals surface area contributed by atoms with Gasteiger partial charge in [-0.3, -0.25) is 0 Å². The number of rotatable bonds is 7. The first-order valence-electron chi connectivity index (χ1n) is 8.53. The second-order valence-corrected chi connectivity index (χ2v) is 9.72. The minimum Gasteiger partial charge on any atom is -0.192 e. The van der Waals surface area contributed by atoms with Gasteiger partial charge in [-0.25, -0.2) is 0 Å². The molecule has 0 unspecified atom stereocenters. The molecule has 142 valence electrons. The highest BCUT2D eigenvalue weighted by Gasteiger charge is 2.09. The quantitative estimate of drug-likeness (QED) is 0.272. The highest BCUT2D eigenvalue weighted by molar-refractivity contribution is 8.02. The van der Waals surface area contributed by atoms with E-state index in [9.17, 15) is 10.5 Å². The molecule has 0 fully saturated rings. The maximum Gasteiger partial charge on any atom is 0.101 e. The van der Waals surface area contributed by atoms with Gasteiger partial charge in [0.15, 0.2) is 0 Å². The first-order valence-corrected chi connectivity index (χ1v) is 12.3. The molecule has 0 aromatic carbocycles. The maximum absolute atomic E-state index is 9.50. The van der Waals surface area contributed by atoms with Gasteiger partial charge in [0.1, 0.15) is 12.1 Å². The molecule has 0 radical (unpaired) electrons. The fourth-order valence-electron chi connectivity index (χ4n) is 2.53. The third-order valence-electron chi connectivity index (χ3n) is 3.85. The van der Waals surface area contributed by atoms with Crippen LogP contribution in [0, 0.1) is 22.7 Å². The van der Waals surface area contributed by atoms with Crippen LogP contribution in [0.25, 0.3) is 27.5 Å². The normalized spacial score (nSPS) is 12.4. The van der Waals surface area contributed by atoms with Crippen molar-refractivity contribution in [3.05, 3.63) is 85.6 Å². The van der Waals surface area contributed by atoms with Gasteiger partial charge in [0.25, 0.3) is 0 Å². The largest absolute Gasteiger partial charge is 0.192 e. The van der Waals surface area contributed by atoms with Crippen molar-refractivity contribution in [2.45, 2.75) is 0 Å². The van der Waals surface area contributed by atoms with Gasteiger partial charge in [-0.15, -0.1) is 45.8 Å². The van der Waals surface area contributed by atoms with Crippen LogP contribution in [0.4, 0.5) is 0 Å². The predicted octanol–water partition coefficient (Wildman–Crippen LogP) is 7.94. The van der Waals surface area contributed by atoms with Crippen molar-refractivity contribution in [3.8, 4) is 21.9 Å². The van der Waals surface area contributed by atoms with Gasteiger partial charge in [-0.1, -0.05) is 18.7 Å². The molecule has 3 aromatic heterocycles. The lowest BCUT2D eigenvalue weighted by molar-refractivity contribution is 1.50. The van der Waals surface area contributed by atoms with Gasteiger partial charge in [0.05, 0.1) is 11.1 Å². The molecule has 0 aliphatic carbocycles. The van der Waals surface area contributed by atoms with Crippen molar-refractivity contribution in [2.75, 3.05) is 6.26 Å². The van der Waals surface area contributed by atoms with E-state index in [1.165, 1.54) is 11.8 Å². The molecule has 0 aliphatic rings. The standard InChI is InChI=1S/C23H16N2S4/c1-3-5-20(26-2)16(14-24)12-18-7-9-22(28-18)23-10-8-19(29-23)13-17(15-25)21-6-4-11-27-21/h3-13H,1H2,2H3/b16-12+,17-13+,20-5-. The van der Waals surface area contributed by atoms with Crippen LogP contribution in [0.3, 0.4) is 0 Å². The Morgan fingerprint density at radius 3 is 2.21 bits per heavy atom. The lowest BCUT2D eigenvalue weighted by Crippen LogP contribution is -1.81. The molecule has 6 heteroatoms. The second kappa shape index (κ2) is 10.2. The van der Waals surface area contributed by atoms with E-state index in [0.717, 1.165) is 29.3 Å². The van der Waals surface area contributed by atoms with Gasteiger partial charge in [-0.2, -0.15) is 10.5 Å². The molecule has 29 heavy (non-hydrogen) atoms. The van der Waals surface area contributed by atoms with Crippen LogP contribution in [-0.4, -0.2) is 6.26 Å². The van der Waals surface area contributed by atoms with Crippen molar-refractivity contribution in [1.82, 2.24) is 0 Å². The van der Waals surface area contributed by atoms with E-state index < -0.39 is 0 Å². The molecule has 3 heterocycles. The average Bonchev–Trinajstić information content (AvgIpc) is 3.50. The summed E-state index contributed by atoms with van der Waals surface area (Å²) in [6.45, 7) is 3.71. The number of thiophene rings is 3. The summed E-state index contributed by atoms with van der Waals surface area (Å²) in [4.78, 5) is 6.25. The number of allylic oxidation sites excluding steroid dienone is 4. The topological polar surface area (TPSA) is 47.6 Å². The van der Waals surface area contributed by atoms with Crippen LogP contribution < -0.4 is 0 Å². The Bertz CT molecular complexity index is 1170. The molecule has 3 rings (SSSR count).